The molecule has 0 heterocycles. The lowest BCUT2D eigenvalue weighted by molar-refractivity contribution is -0.114. The normalized spacial score (nSPS) is 13.2. The lowest BCUT2D eigenvalue weighted by Gasteiger charge is -2.14. The topological polar surface area (TPSA) is 43.1 Å². The van der Waals surface area contributed by atoms with Gasteiger partial charge in [-0.2, -0.15) is 0 Å². The molecule has 1 atom stereocenters. The van der Waals surface area contributed by atoms with E-state index in [9.17, 15) is 4.79 Å². The molecule has 0 aliphatic rings. The van der Waals surface area contributed by atoms with Gasteiger partial charge in [0.25, 0.3) is 0 Å². The lowest BCUT2D eigenvalue weighted by atomic mass is 9.91. The summed E-state index contributed by atoms with van der Waals surface area (Å²) in [6, 6.07) is 10.6. The quantitative estimate of drug-likeness (QED) is 0.658. The summed E-state index contributed by atoms with van der Waals surface area (Å²) in [6.07, 6.45) is 8.10. The molecule has 0 spiro atoms. The number of primary amides is 1. The van der Waals surface area contributed by atoms with Gasteiger partial charge in [0.2, 0.25) is 5.91 Å². The highest BCUT2D eigenvalue weighted by atomic mass is 16.1. The SMILES string of the molecule is CCCCC(=CCCC(CC)c1ccccc1)C(N)=O. The van der Waals surface area contributed by atoms with Gasteiger partial charge in [0.1, 0.15) is 0 Å². The van der Waals surface area contributed by atoms with Gasteiger partial charge < -0.3 is 5.73 Å². The summed E-state index contributed by atoms with van der Waals surface area (Å²) in [5, 5.41) is 0. The first-order valence-electron chi connectivity index (χ1n) is 7.72. The number of unbranched alkanes of at least 4 members (excludes halogenated alkanes) is 1. The Morgan fingerprint density at radius 1 is 1.25 bits per heavy atom. The standard InChI is InChI=1S/C18H27NO/c1-3-5-10-17(18(19)20)14-9-13-15(4-2)16-11-7-6-8-12-16/h6-8,11-12,14-15H,3-5,9-10,13H2,1-2H3,(H2,19,20). The Morgan fingerprint density at radius 2 is 1.95 bits per heavy atom. The van der Waals surface area contributed by atoms with Crippen LogP contribution in [0.5, 0.6) is 0 Å². The Kier molecular flexibility index (Phi) is 7.71. The largest absolute Gasteiger partial charge is 0.366 e. The highest BCUT2D eigenvalue weighted by molar-refractivity contribution is 5.91. The second kappa shape index (κ2) is 9.35. The van der Waals surface area contributed by atoms with Crippen LogP contribution in [0.4, 0.5) is 0 Å². The fourth-order valence-corrected chi connectivity index (χ4v) is 2.48. The lowest BCUT2D eigenvalue weighted by Crippen LogP contribution is -2.14. The molecule has 0 saturated carbocycles. The monoisotopic (exact) mass is 273 g/mol. The van der Waals surface area contributed by atoms with Crippen LogP contribution in [-0.4, -0.2) is 5.91 Å². The summed E-state index contributed by atoms with van der Waals surface area (Å²) in [6.45, 7) is 4.34. The van der Waals surface area contributed by atoms with E-state index in [0.717, 1.165) is 44.1 Å². The Hall–Kier alpha value is -1.57. The molecule has 1 amide bonds. The van der Waals surface area contributed by atoms with Crippen molar-refractivity contribution < 1.29 is 4.79 Å². The minimum absolute atomic E-state index is 0.258. The molecular weight excluding hydrogens is 246 g/mol. The van der Waals surface area contributed by atoms with Gasteiger partial charge in [-0.15, -0.1) is 0 Å². The molecule has 0 aliphatic heterocycles. The van der Waals surface area contributed by atoms with Crippen molar-refractivity contribution in [1.29, 1.82) is 0 Å². The van der Waals surface area contributed by atoms with E-state index in [0.29, 0.717) is 5.92 Å². The van der Waals surface area contributed by atoms with Crippen LogP contribution >= 0.6 is 0 Å². The number of nitrogens with two attached hydrogens (primary N) is 1. The van der Waals surface area contributed by atoms with E-state index in [1.165, 1.54) is 5.56 Å². The van der Waals surface area contributed by atoms with Gasteiger partial charge in [0.15, 0.2) is 0 Å². The molecule has 1 aromatic carbocycles. The van der Waals surface area contributed by atoms with E-state index in [1.54, 1.807) is 0 Å². The van der Waals surface area contributed by atoms with Crippen molar-refractivity contribution in [2.24, 2.45) is 5.73 Å². The maximum absolute atomic E-state index is 11.4. The zero-order chi connectivity index (χ0) is 14.8. The second-order valence-corrected chi connectivity index (χ2v) is 5.29. The molecule has 0 aliphatic carbocycles. The highest BCUT2D eigenvalue weighted by Crippen LogP contribution is 2.25. The van der Waals surface area contributed by atoms with E-state index in [-0.39, 0.29) is 5.91 Å². The minimum Gasteiger partial charge on any atom is -0.366 e. The predicted molar refractivity (Wildman–Crippen MR) is 85.5 cm³/mol. The summed E-state index contributed by atoms with van der Waals surface area (Å²) in [4.78, 5) is 11.4. The molecular formula is C18H27NO. The first-order chi connectivity index (χ1) is 9.69. The third kappa shape index (κ3) is 5.60. The minimum atomic E-state index is -0.258. The summed E-state index contributed by atoms with van der Waals surface area (Å²) >= 11 is 0. The van der Waals surface area contributed by atoms with Crippen molar-refractivity contribution in [2.45, 2.75) is 58.3 Å². The van der Waals surface area contributed by atoms with Gasteiger partial charge in [0, 0.05) is 5.57 Å². The summed E-state index contributed by atoms with van der Waals surface area (Å²) in [5.74, 6) is 0.305. The molecule has 0 aromatic heterocycles. The van der Waals surface area contributed by atoms with Crippen LogP contribution in [0, 0.1) is 0 Å². The average Bonchev–Trinajstić information content (AvgIpc) is 2.47. The summed E-state index contributed by atoms with van der Waals surface area (Å²) < 4.78 is 0. The number of hydrogen-bond donors (Lipinski definition) is 1. The van der Waals surface area contributed by atoms with Crippen LogP contribution in [0.25, 0.3) is 0 Å². The summed E-state index contributed by atoms with van der Waals surface area (Å²) in [7, 11) is 0. The number of carbonyl (C=O) groups excluding carboxylic acids is 1. The van der Waals surface area contributed by atoms with Gasteiger partial charge >= 0.3 is 0 Å². The number of allylic oxidation sites excluding steroid dienone is 1. The van der Waals surface area contributed by atoms with Crippen molar-refractivity contribution >= 4 is 5.91 Å². The van der Waals surface area contributed by atoms with Crippen LogP contribution in [-0.2, 0) is 4.79 Å². The van der Waals surface area contributed by atoms with Crippen molar-refractivity contribution in [3.63, 3.8) is 0 Å². The Morgan fingerprint density at radius 3 is 2.50 bits per heavy atom. The third-order valence-corrected chi connectivity index (χ3v) is 3.79. The van der Waals surface area contributed by atoms with Gasteiger partial charge in [-0.1, -0.05) is 56.7 Å². The number of benzene rings is 1. The number of hydrogen-bond acceptors (Lipinski definition) is 1. The van der Waals surface area contributed by atoms with E-state index < -0.39 is 0 Å². The maximum atomic E-state index is 11.4. The Labute approximate surface area is 123 Å². The molecule has 0 radical (unpaired) electrons. The summed E-state index contributed by atoms with van der Waals surface area (Å²) in [5.41, 5.74) is 7.62. The predicted octanol–water partition coefficient (Wildman–Crippen LogP) is 4.56. The van der Waals surface area contributed by atoms with Crippen molar-refractivity contribution in [2.75, 3.05) is 0 Å². The smallest absolute Gasteiger partial charge is 0.244 e. The third-order valence-electron chi connectivity index (χ3n) is 3.79. The van der Waals surface area contributed by atoms with Gasteiger partial charge in [0.05, 0.1) is 0 Å². The molecule has 2 heteroatoms. The number of rotatable bonds is 9. The van der Waals surface area contributed by atoms with E-state index in [2.05, 4.69) is 38.1 Å². The van der Waals surface area contributed by atoms with Crippen LogP contribution in [0.15, 0.2) is 42.0 Å². The van der Waals surface area contributed by atoms with Gasteiger partial charge in [-0.25, -0.2) is 0 Å². The molecule has 1 unspecified atom stereocenters. The number of carbonyl (C=O) groups is 1. The maximum Gasteiger partial charge on any atom is 0.244 e. The van der Waals surface area contributed by atoms with Crippen LogP contribution in [0.2, 0.25) is 0 Å². The molecule has 1 rings (SSSR count). The molecule has 0 saturated heterocycles. The van der Waals surface area contributed by atoms with Crippen molar-refractivity contribution in [3.05, 3.63) is 47.5 Å². The van der Waals surface area contributed by atoms with Crippen molar-refractivity contribution in [3.8, 4) is 0 Å². The first-order valence-corrected chi connectivity index (χ1v) is 7.72. The molecule has 110 valence electrons. The molecule has 2 N–H and O–H groups in total. The van der Waals surface area contributed by atoms with Gasteiger partial charge in [-0.3, -0.25) is 4.79 Å². The molecule has 1 aromatic rings. The molecule has 0 bridgehead atoms. The van der Waals surface area contributed by atoms with E-state index in [1.807, 2.05) is 12.1 Å². The second-order valence-electron chi connectivity index (χ2n) is 5.29. The molecule has 2 nitrogen and oxygen atoms in total. The van der Waals surface area contributed by atoms with Crippen molar-refractivity contribution in [1.82, 2.24) is 0 Å². The highest BCUT2D eigenvalue weighted by Gasteiger charge is 2.09. The molecule has 20 heavy (non-hydrogen) atoms. The fraction of sp³-hybridized carbons (Fsp3) is 0.500. The zero-order valence-corrected chi connectivity index (χ0v) is 12.8. The van der Waals surface area contributed by atoms with Crippen LogP contribution < -0.4 is 5.73 Å². The fourth-order valence-electron chi connectivity index (χ4n) is 2.48. The Bertz CT molecular complexity index is 422. The number of amides is 1. The zero-order valence-electron chi connectivity index (χ0n) is 12.8. The van der Waals surface area contributed by atoms with E-state index >= 15 is 0 Å². The first kappa shape index (κ1) is 16.5. The average molecular weight is 273 g/mol. The van der Waals surface area contributed by atoms with Gasteiger partial charge in [-0.05, 0) is 43.6 Å². The van der Waals surface area contributed by atoms with Crippen LogP contribution in [0.1, 0.15) is 63.9 Å². The van der Waals surface area contributed by atoms with Crippen LogP contribution in [0.3, 0.4) is 0 Å². The van der Waals surface area contributed by atoms with E-state index in [4.69, 9.17) is 5.73 Å². The molecule has 0 fully saturated rings. The Balaban J connectivity index is 2.57.